The average molecular weight is 378 g/mol. The number of carboxylic acid groups (broad SMARTS) is 1. The maximum absolute atomic E-state index is 11.8. The molecule has 1 aromatic carbocycles. The van der Waals surface area contributed by atoms with Crippen LogP contribution in [-0.2, 0) is 4.74 Å². The molecule has 1 aliphatic rings. The van der Waals surface area contributed by atoms with Crippen LogP contribution in [-0.4, -0.2) is 37.4 Å². The fourth-order valence-electron chi connectivity index (χ4n) is 2.80. The Morgan fingerprint density at radius 1 is 1.36 bits per heavy atom. The van der Waals surface area contributed by atoms with Crippen LogP contribution in [0.25, 0.3) is 4.85 Å². The molecule has 1 atom stereocenters. The second-order valence-corrected chi connectivity index (χ2v) is 6.98. The summed E-state index contributed by atoms with van der Waals surface area (Å²) in [5, 5.41) is 10.8. The minimum Gasteiger partial charge on any atom is -0.477 e. The minimum absolute atomic E-state index is 0.106. The number of thiophene rings is 1. The molecule has 8 heteroatoms. The van der Waals surface area contributed by atoms with Crippen LogP contribution >= 0.6 is 22.9 Å². The number of nitrogens with zero attached hydrogens (tertiary/aromatic N) is 2. The molecule has 0 saturated carbocycles. The van der Waals surface area contributed by atoms with Crippen molar-refractivity contribution >= 4 is 39.6 Å². The largest absolute Gasteiger partial charge is 0.477 e. The van der Waals surface area contributed by atoms with Crippen LogP contribution in [0.3, 0.4) is 0 Å². The molecule has 2 aromatic rings. The first-order chi connectivity index (χ1) is 12.0. The van der Waals surface area contributed by atoms with Gasteiger partial charge in [0.2, 0.25) is 5.69 Å². The van der Waals surface area contributed by atoms with Gasteiger partial charge in [0.15, 0.2) is 0 Å². The van der Waals surface area contributed by atoms with E-state index in [2.05, 4.69) is 4.85 Å². The molecule has 3 N–H and O–H groups in total. The van der Waals surface area contributed by atoms with Crippen molar-refractivity contribution in [1.29, 1.82) is 0 Å². The molecular formula is C17H16ClN3O3S. The first-order valence-corrected chi connectivity index (χ1v) is 8.83. The molecule has 0 amide bonds. The van der Waals surface area contributed by atoms with E-state index in [1.807, 2.05) is 4.90 Å². The molecule has 0 bridgehead atoms. The fourth-order valence-corrected chi connectivity index (χ4v) is 4.10. The van der Waals surface area contributed by atoms with Crippen molar-refractivity contribution in [3.63, 3.8) is 0 Å². The first-order valence-electron chi connectivity index (χ1n) is 7.64. The van der Waals surface area contributed by atoms with E-state index in [1.165, 1.54) is 0 Å². The molecule has 1 aliphatic heterocycles. The molecular weight excluding hydrogens is 362 g/mol. The predicted octanol–water partition coefficient (Wildman–Crippen LogP) is 3.54. The highest BCUT2D eigenvalue weighted by atomic mass is 35.5. The third-order valence-electron chi connectivity index (χ3n) is 4.05. The third kappa shape index (κ3) is 3.48. The number of carbonyl (C=O) groups is 1. The van der Waals surface area contributed by atoms with Crippen LogP contribution in [0.5, 0.6) is 0 Å². The van der Waals surface area contributed by atoms with Crippen LogP contribution in [0.2, 0.25) is 5.02 Å². The number of halogens is 1. The molecule has 130 valence electrons. The lowest BCUT2D eigenvalue weighted by atomic mass is 9.98. The molecule has 1 aromatic heterocycles. The molecule has 2 heterocycles. The lowest BCUT2D eigenvalue weighted by molar-refractivity contribution is 0.0701. The summed E-state index contributed by atoms with van der Waals surface area (Å²) in [5.74, 6) is -1.08. The summed E-state index contributed by atoms with van der Waals surface area (Å²) >= 11 is 7.01. The first kappa shape index (κ1) is 17.7. The number of anilines is 1. The molecule has 25 heavy (non-hydrogen) atoms. The van der Waals surface area contributed by atoms with Gasteiger partial charge in [0.25, 0.3) is 0 Å². The Labute approximate surface area is 154 Å². The van der Waals surface area contributed by atoms with Crippen molar-refractivity contribution in [3.05, 3.63) is 56.7 Å². The number of hydrogen-bond acceptors (Lipinski definition) is 5. The van der Waals surface area contributed by atoms with Crippen LogP contribution in [0.4, 0.5) is 10.7 Å². The second-order valence-electron chi connectivity index (χ2n) is 5.54. The number of aromatic carboxylic acids is 1. The second kappa shape index (κ2) is 7.42. The van der Waals surface area contributed by atoms with E-state index in [1.54, 1.807) is 24.3 Å². The number of nitrogens with two attached hydrogens (primary N) is 1. The quantitative estimate of drug-likeness (QED) is 0.796. The molecule has 6 nitrogen and oxygen atoms in total. The van der Waals surface area contributed by atoms with Crippen LogP contribution < -0.4 is 10.6 Å². The molecule has 3 rings (SSSR count). The van der Waals surface area contributed by atoms with Gasteiger partial charge < -0.3 is 20.5 Å². The van der Waals surface area contributed by atoms with Gasteiger partial charge in [-0.15, -0.1) is 11.3 Å². The topological polar surface area (TPSA) is 80.2 Å². The average Bonchev–Trinajstić information content (AvgIpc) is 3.02. The zero-order valence-electron chi connectivity index (χ0n) is 13.2. The van der Waals surface area contributed by atoms with Crippen molar-refractivity contribution < 1.29 is 14.6 Å². The summed E-state index contributed by atoms with van der Waals surface area (Å²) in [5.41, 5.74) is 7.72. The van der Waals surface area contributed by atoms with Crippen molar-refractivity contribution in [2.24, 2.45) is 5.73 Å². The van der Waals surface area contributed by atoms with Gasteiger partial charge in [-0.3, -0.25) is 0 Å². The molecule has 0 radical (unpaired) electrons. The van der Waals surface area contributed by atoms with Crippen molar-refractivity contribution in [2.45, 2.75) is 6.04 Å². The molecule has 0 aliphatic carbocycles. The third-order valence-corrected chi connectivity index (χ3v) is 5.54. The number of hydrogen-bond donors (Lipinski definition) is 2. The highest BCUT2D eigenvalue weighted by molar-refractivity contribution is 7.18. The van der Waals surface area contributed by atoms with Gasteiger partial charge in [-0.1, -0.05) is 23.7 Å². The Bertz CT molecular complexity index is 823. The van der Waals surface area contributed by atoms with Gasteiger partial charge in [0.05, 0.1) is 24.8 Å². The van der Waals surface area contributed by atoms with E-state index in [9.17, 15) is 9.90 Å². The normalized spacial score (nSPS) is 15.6. The van der Waals surface area contributed by atoms with Gasteiger partial charge >= 0.3 is 5.97 Å². The molecule has 1 unspecified atom stereocenters. The number of carboxylic acids is 1. The van der Waals surface area contributed by atoms with E-state index in [0.717, 1.165) is 11.3 Å². The maximum atomic E-state index is 11.8. The van der Waals surface area contributed by atoms with Crippen molar-refractivity contribution in [3.8, 4) is 0 Å². The van der Waals surface area contributed by atoms with Crippen LogP contribution in [0.15, 0.2) is 24.3 Å². The summed E-state index contributed by atoms with van der Waals surface area (Å²) in [6, 6.07) is 6.18. The summed E-state index contributed by atoms with van der Waals surface area (Å²) in [6.07, 6.45) is 0. The molecule has 0 spiro atoms. The lowest BCUT2D eigenvalue weighted by Gasteiger charge is -2.28. The zero-order valence-corrected chi connectivity index (χ0v) is 14.8. The van der Waals surface area contributed by atoms with Gasteiger partial charge in [-0.2, -0.15) is 0 Å². The predicted molar refractivity (Wildman–Crippen MR) is 98.1 cm³/mol. The standard InChI is InChI=1S/C17H16ClN3O3S/c1-20-14-12(13(19)10-2-4-11(18)5-3-10)15(17(22)23)25-16(14)21-6-8-24-9-7-21/h2-5,13H,6-9,19H2,(H,22,23). The van der Waals surface area contributed by atoms with Gasteiger partial charge in [-0.05, 0) is 17.7 Å². The zero-order chi connectivity index (χ0) is 18.0. The van der Waals surface area contributed by atoms with Crippen molar-refractivity contribution in [1.82, 2.24) is 0 Å². The number of morpholine rings is 1. The van der Waals surface area contributed by atoms with E-state index < -0.39 is 12.0 Å². The Morgan fingerprint density at radius 2 is 2.00 bits per heavy atom. The van der Waals surface area contributed by atoms with Crippen LogP contribution in [0.1, 0.15) is 26.8 Å². The highest BCUT2D eigenvalue weighted by Gasteiger charge is 2.30. The van der Waals surface area contributed by atoms with E-state index in [0.29, 0.717) is 53.1 Å². The fraction of sp³-hybridized carbons (Fsp3) is 0.294. The molecule has 1 fully saturated rings. The summed E-state index contributed by atoms with van der Waals surface area (Å²) < 4.78 is 5.34. The summed E-state index contributed by atoms with van der Waals surface area (Å²) in [6.45, 7) is 9.94. The molecule has 1 saturated heterocycles. The van der Waals surface area contributed by atoms with E-state index >= 15 is 0 Å². The van der Waals surface area contributed by atoms with Gasteiger partial charge in [0.1, 0.15) is 4.88 Å². The Kier molecular flexibility index (Phi) is 5.25. The smallest absolute Gasteiger partial charge is 0.344 e. The van der Waals surface area contributed by atoms with E-state index in [4.69, 9.17) is 28.6 Å². The van der Waals surface area contributed by atoms with E-state index in [-0.39, 0.29) is 4.88 Å². The minimum atomic E-state index is -1.08. The summed E-state index contributed by atoms with van der Waals surface area (Å²) in [4.78, 5) is 17.5. The Balaban J connectivity index is 2.10. The van der Waals surface area contributed by atoms with Gasteiger partial charge in [-0.25, -0.2) is 9.64 Å². The van der Waals surface area contributed by atoms with Gasteiger partial charge in [0, 0.05) is 29.7 Å². The lowest BCUT2D eigenvalue weighted by Crippen LogP contribution is -2.35. The van der Waals surface area contributed by atoms with Crippen LogP contribution in [0, 0.1) is 6.57 Å². The highest BCUT2D eigenvalue weighted by Crippen LogP contribution is 2.46. The number of benzene rings is 1. The Hall–Kier alpha value is -2.11. The summed E-state index contributed by atoms with van der Waals surface area (Å²) in [7, 11) is 0. The Morgan fingerprint density at radius 3 is 2.56 bits per heavy atom. The van der Waals surface area contributed by atoms with Crippen molar-refractivity contribution in [2.75, 3.05) is 31.2 Å². The number of ether oxygens (including phenoxy) is 1. The monoisotopic (exact) mass is 377 g/mol. The number of rotatable bonds is 4. The maximum Gasteiger partial charge on any atom is 0.344 e. The SMILES string of the molecule is [C-]#[N+]c1c(N2CCOCC2)sc(C(=O)O)c1C(N)c1ccc(Cl)cc1.